The van der Waals surface area contributed by atoms with Crippen LogP contribution in [-0.2, 0) is 9.53 Å². The summed E-state index contributed by atoms with van der Waals surface area (Å²) >= 11 is 0. The summed E-state index contributed by atoms with van der Waals surface area (Å²) in [4.78, 5) is 12.3. The molecule has 5 atom stereocenters. The van der Waals surface area contributed by atoms with Gasteiger partial charge in [0.2, 0.25) is 5.91 Å². The highest BCUT2D eigenvalue weighted by Crippen LogP contribution is 2.39. The number of hydrogen-bond acceptors (Lipinski definition) is 3. The van der Waals surface area contributed by atoms with Crippen LogP contribution in [0, 0.1) is 17.3 Å². The van der Waals surface area contributed by atoms with Gasteiger partial charge in [-0.3, -0.25) is 4.79 Å². The Kier molecular flexibility index (Phi) is 6.96. The van der Waals surface area contributed by atoms with Crippen LogP contribution < -0.4 is 10.6 Å². The smallest absolute Gasteiger partial charge is 0.250 e. The van der Waals surface area contributed by atoms with Crippen molar-refractivity contribution in [1.29, 1.82) is 0 Å². The fourth-order valence-corrected chi connectivity index (χ4v) is 3.96. The summed E-state index contributed by atoms with van der Waals surface area (Å²) in [6.45, 7) is 10.0. The topological polar surface area (TPSA) is 50.4 Å². The molecule has 1 aliphatic heterocycles. The third-order valence-corrected chi connectivity index (χ3v) is 6.35. The Bertz CT molecular complexity index is 387. The highest BCUT2D eigenvalue weighted by Gasteiger charge is 2.31. The van der Waals surface area contributed by atoms with E-state index >= 15 is 0 Å². The number of carbonyl (C=O) groups excluding carboxylic acids is 1. The Morgan fingerprint density at radius 2 is 2.13 bits per heavy atom. The molecule has 2 rings (SSSR count). The zero-order chi connectivity index (χ0) is 16.9. The van der Waals surface area contributed by atoms with E-state index in [9.17, 15) is 4.79 Å². The van der Waals surface area contributed by atoms with Crippen LogP contribution in [0.3, 0.4) is 0 Å². The molecular weight excluding hydrogens is 287 g/mol. The van der Waals surface area contributed by atoms with Crippen LogP contribution in [0.5, 0.6) is 0 Å². The summed E-state index contributed by atoms with van der Waals surface area (Å²) in [6, 6.07) is 0. The monoisotopic (exact) mass is 322 g/mol. The second-order valence-corrected chi connectivity index (χ2v) is 8.34. The van der Waals surface area contributed by atoms with Gasteiger partial charge < -0.3 is 15.4 Å². The van der Waals surface area contributed by atoms with Crippen LogP contribution in [-0.4, -0.2) is 46.1 Å². The summed E-state index contributed by atoms with van der Waals surface area (Å²) in [5, 5.41) is 6.38. The molecule has 5 heteroatoms. The van der Waals surface area contributed by atoms with Gasteiger partial charge in [0.15, 0.2) is 0 Å². The van der Waals surface area contributed by atoms with Crippen molar-refractivity contribution < 1.29 is 9.53 Å². The van der Waals surface area contributed by atoms with E-state index in [-0.39, 0.29) is 17.4 Å². The number of nitrogens with one attached hydrogen (secondary N) is 2. The molecule has 23 heavy (non-hydrogen) atoms. The molecular formula is C18H35BN2O2. The SMILES string of the molecule is BC1CCCC(C)(CNC(=O)[C@H]2CNCCO2)CCC(C)C1C. The highest BCUT2D eigenvalue weighted by molar-refractivity contribution is 6.11. The molecule has 0 bridgehead atoms. The third-order valence-electron chi connectivity index (χ3n) is 6.35. The normalized spacial score (nSPS) is 39.8. The van der Waals surface area contributed by atoms with E-state index in [1.807, 2.05) is 0 Å². The van der Waals surface area contributed by atoms with Gasteiger partial charge in [0, 0.05) is 19.6 Å². The summed E-state index contributed by atoms with van der Waals surface area (Å²) in [5.41, 5.74) is 0.218. The molecule has 4 unspecified atom stereocenters. The number of amides is 1. The standard InChI is InChI=1S/C18H35BN2O2/c1-13-6-8-18(3,7-4-5-15(19)14(13)2)12-21-17(22)16-11-20-9-10-23-16/h13-16,20H,4-12,19H2,1-3H3,(H,21,22)/t13?,14?,15?,16-,18?/m1/s1. The van der Waals surface area contributed by atoms with Gasteiger partial charge >= 0.3 is 0 Å². The Morgan fingerprint density at radius 1 is 1.35 bits per heavy atom. The Labute approximate surface area is 142 Å². The molecule has 4 nitrogen and oxygen atoms in total. The van der Waals surface area contributed by atoms with E-state index in [1.165, 1.54) is 32.1 Å². The predicted octanol–water partition coefficient (Wildman–Crippen LogP) is 1.76. The van der Waals surface area contributed by atoms with Gasteiger partial charge in [-0.1, -0.05) is 39.4 Å². The molecule has 1 amide bonds. The van der Waals surface area contributed by atoms with Crippen molar-refractivity contribution in [2.45, 2.75) is 64.8 Å². The number of hydrogen-bond donors (Lipinski definition) is 2. The molecule has 1 heterocycles. The van der Waals surface area contributed by atoms with E-state index in [2.05, 4.69) is 39.3 Å². The molecule has 1 aliphatic carbocycles. The lowest BCUT2D eigenvalue weighted by Gasteiger charge is -2.32. The van der Waals surface area contributed by atoms with E-state index in [4.69, 9.17) is 4.74 Å². The second kappa shape index (κ2) is 8.52. The number of morpholine rings is 1. The maximum Gasteiger partial charge on any atom is 0.250 e. The lowest BCUT2D eigenvalue weighted by Crippen LogP contribution is -2.49. The third kappa shape index (κ3) is 5.49. The molecule has 0 radical (unpaired) electrons. The summed E-state index contributed by atoms with van der Waals surface area (Å²) in [5.74, 6) is 2.43. The minimum atomic E-state index is -0.317. The summed E-state index contributed by atoms with van der Waals surface area (Å²) in [7, 11) is 2.40. The van der Waals surface area contributed by atoms with Gasteiger partial charge in [-0.2, -0.15) is 0 Å². The Hall–Kier alpha value is -0.545. The molecule has 0 spiro atoms. The van der Waals surface area contributed by atoms with Gasteiger partial charge in [0.25, 0.3) is 0 Å². The first-order valence-corrected chi connectivity index (χ1v) is 9.51. The lowest BCUT2D eigenvalue weighted by atomic mass is 9.69. The first-order valence-electron chi connectivity index (χ1n) is 9.51. The number of carbonyl (C=O) groups is 1. The van der Waals surface area contributed by atoms with Crippen LogP contribution in [0.25, 0.3) is 0 Å². The van der Waals surface area contributed by atoms with Gasteiger partial charge in [0.1, 0.15) is 14.0 Å². The van der Waals surface area contributed by atoms with E-state index < -0.39 is 0 Å². The largest absolute Gasteiger partial charge is 0.366 e. The molecule has 2 N–H and O–H groups in total. The fraction of sp³-hybridized carbons (Fsp3) is 0.944. The van der Waals surface area contributed by atoms with Crippen molar-refractivity contribution >= 4 is 13.8 Å². The summed E-state index contributed by atoms with van der Waals surface area (Å²) < 4.78 is 5.55. The fourth-order valence-electron chi connectivity index (χ4n) is 3.96. The first kappa shape index (κ1) is 18.8. The predicted molar refractivity (Wildman–Crippen MR) is 97.4 cm³/mol. The second-order valence-electron chi connectivity index (χ2n) is 8.34. The van der Waals surface area contributed by atoms with Gasteiger partial charge in [-0.05, 0) is 36.5 Å². The average molecular weight is 322 g/mol. The average Bonchev–Trinajstić information content (AvgIpc) is 2.61. The number of rotatable bonds is 3. The minimum absolute atomic E-state index is 0.0491. The minimum Gasteiger partial charge on any atom is -0.366 e. The van der Waals surface area contributed by atoms with Crippen molar-refractivity contribution in [1.82, 2.24) is 10.6 Å². The molecule has 2 fully saturated rings. The molecule has 2 aliphatic rings. The van der Waals surface area contributed by atoms with Crippen molar-refractivity contribution in [3.05, 3.63) is 0 Å². The molecule has 0 aromatic rings. The van der Waals surface area contributed by atoms with Crippen molar-refractivity contribution in [2.24, 2.45) is 17.3 Å². The van der Waals surface area contributed by atoms with Crippen LogP contribution in [0.1, 0.15) is 52.9 Å². The zero-order valence-corrected chi connectivity index (χ0v) is 15.5. The van der Waals surface area contributed by atoms with Gasteiger partial charge in [-0.15, -0.1) is 0 Å². The molecule has 1 saturated heterocycles. The van der Waals surface area contributed by atoms with Gasteiger partial charge in [-0.25, -0.2) is 0 Å². The van der Waals surface area contributed by atoms with Crippen LogP contribution in [0.2, 0.25) is 5.82 Å². The molecule has 132 valence electrons. The van der Waals surface area contributed by atoms with Crippen LogP contribution in [0.15, 0.2) is 0 Å². The Morgan fingerprint density at radius 3 is 2.83 bits per heavy atom. The lowest BCUT2D eigenvalue weighted by molar-refractivity contribution is -0.134. The molecule has 1 saturated carbocycles. The van der Waals surface area contributed by atoms with Crippen molar-refractivity contribution in [2.75, 3.05) is 26.2 Å². The van der Waals surface area contributed by atoms with E-state index in [0.717, 1.165) is 30.7 Å². The maximum absolute atomic E-state index is 12.3. The first-order chi connectivity index (χ1) is 10.9. The van der Waals surface area contributed by atoms with Crippen molar-refractivity contribution in [3.8, 4) is 0 Å². The quantitative estimate of drug-likeness (QED) is 0.779. The number of ether oxygens (including phenoxy) is 1. The van der Waals surface area contributed by atoms with Crippen LogP contribution in [0.4, 0.5) is 0 Å². The summed E-state index contributed by atoms with van der Waals surface area (Å²) in [6.07, 6.45) is 5.94. The zero-order valence-electron chi connectivity index (χ0n) is 15.5. The van der Waals surface area contributed by atoms with Crippen molar-refractivity contribution in [3.63, 3.8) is 0 Å². The highest BCUT2D eigenvalue weighted by atomic mass is 16.5. The molecule has 0 aromatic heterocycles. The Balaban J connectivity index is 1.87. The van der Waals surface area contributed by atoms with E-state index in [0.29, 0.717) is 13.2 Å². The molecule has 0 aromatic carbocycles. The van der Waals surface area contributed by atoms with Gasteiger partial charge in [0.05, 0.1) is 6.61 Å². The maximum atomic E-state index is 12.3. The van der Waals surface area contributed by atoms with E-state index in [1.54, 1.807) is 0 Å². The van der Waals surface area contributed by atoms with Crippen LogP contribution >= 0.6 is 0 Å².